The molecule has 0 aromatic carbocycles. The van der Waals surface area contributed by atoms with Gasteiger partial charge in [0.05, 0.1) is 5.60 Å². The number of hydrogen-bond acceptors (Lipinski definition) is 3. The number of nitrogens with two attached hydrogens (primary N) is 1. The highest BCUT2D eigenvalue weighted by atomic mass is 16.5. The molecule has 1 heterocycles. The van der Waals surface area contributed by atoms with Crippen LogP contribution in [0.1, 0.15) is 65.2 Å². The van der Waals surface area contributed by atoms with Gasteiger partial charge in [-0.05, 0) is 39.0 Å². The number of hydrogen-bond donors (Lipinski definition) is 2. The van der Waals surface area contributed by atoms with E-state index >= 15 is 0 Å². The third-order valence-corrected chi connectivity index (χ3v) is 5.00. The van der Waals surface area contributed by atoms with Gasteiger partial charge in [-0.3, -0.25) is 0 Å². The fourth-order valence-corrected chi connectivity index (χ4v) is 3.61. The Kier molecular flexibility index (Phi) is 4.68. The van der Waals surface area contributed by atoms with E-state index in [1.165, 1.54) is 32.1 Å². The second-order valence-electron chi connectivity index (χ2n) is 6.54. The van der Waals surface area contributed by atoms with E-state index < -0.39 is 0 Å². The molecule has 106 valence electrons. The summed E-state index contributed by atoms with van der Waals surface area (Å²) in [6.45, 7) is 6.04. The minimum absolute atomic E-state index is 0.0132. The molecule has 3 nitrogen and oxygen atoms in total. The topological polar surface area (TPSA) is 47.3 Å². The molecule has 3 heteroatoms. The standard InChI is InChI=1S/C15H30N2O/c1-3-14(2)11-15(12-16,9-10-18-14)17-13-7-5-4-6-8-13/h13,17H,3-12,16H2,1-2H3. The predicted molar refractivity (Wildman–Crippen MR) is 75.7 cm³/mol. The molecule has 1 saturated carbocycles. The van der Waals surface area contributed by atoms with Crippen LogP contribution in [0.2, 0.25) is 0 Å². The number of rotatable bonds is 4. The molecule has 18 heavy (non-hydrogen) atoms. The molecule has 0 bridgehead atoms. The lowest BCUT2D eigenvalue weighted by molar-refractivity contribution is -0.102. The summed E-state index contributed by atoms with van der Waals surface area (Å²) in [5.74, 6) is 0. The van der Waals surface area contributed by atoms with Gasteiger partial charge in [-0.25, -0.2) is 0 Å². The Bertz CT molecular complexity index is 265. The van der Waals surface area contributed by atoms with Gasteiger partial charge in [0.15, 0.2) is 0 Å². The molecule has 1 aliphatic heterocycles. The van der Waals surface area contributed by atoms with Gasteiger partial charge in [0, 0.05) is 24.7 Å². The van der Waals surface area contributed by atoms with E-state index in [0.29, 0.717) is 6.04 Å². The largest absolute Gasteiger partial charge is 0.375 e. The quantitative estimate of drug-likeness (QED) is 0.810. The van der Waals surface area contributed by atoms with Crippen LogP contribution in [0.5, 0.6) is 0 Å². The summed E-state index contributed by atoms with van der Waals surface area (Å²) in [5, 5.41) is 3.91. The van der Waals surface area contributed by atoms with E-state index in [1.54, 1.807) is 0 Å². The molecular weight excluding hydrogens is 224 g/mol. The van der Waals surface area contributed by atoms with Crippen molar-refractivity contribution in [3.63, 3.8) is 0 Å². The molecule has 0 aromatic heterocycles. The highest BCUT2D eigenvalue weighted by molar-refractivity contribution is 5.00. The first kappa shape index (κ1) is 14.3. The normalized spacial score (nSPS) is 38.8. The molecule has 0 spiro atoms. The third-order valence-electron chi connectivity index (χ3n) is 5.00. The van der Waals surface area contributed by atoms with Crippen molar-refractivity contribution in [1.82, 2.24) is 5.32 Å². The van der Waals surface area contributed by atoms with E-state index in [2.05, 4.69) is 19.2 Å². The van der Waals surface area contributed by atoms with Gasteiger partial charge in [0.25, 0.3) is 0 Å². The van der Waals surface area contributed by atoms with E-state index in [9.17, 15) is 0 Å². The van der Waals surface area contributed by atoms with Gasteiger partial charge < -0.3 is 15.8 Å². The van der Waals surface area contributed by atoms with Gasteiger partial charge in [0.1, 0.15) is 0 Å². The van der Waals surface area contributed by atoms with Gasteiger partial charge in [-0.15, -0.1) is 0 Å². The highest BCUT2D eigenvalue weighted by Gasteiger charge is 2.42. The summed E-state index contributed by atoms with van der Waals surface area (Å²) in [5.41, 5.74) is 6.24. The van der Waals surface area contributed by atoms with Crippen molar-refractivity contribution in [2.75, 3.05) is 13.2 Å². The summed E-state index contributed by atoms with van der Waals surface area (Å²) in [6.07, 6.45) is 10.0. The molecule has 3 N–H and O–H groups in total. The molecule has 0 amide bonds. The fourth-order valence-electron chi connectivity index (χ4n) is 3.61. The van der Waals surface area contributed by atoms with Crippen LogP contribution < -0.4 is 11.1 Å². The lowest BCUT2D eigenvalue weighted by Crippen LogP contribution is -2.62. The number of nitrogens with one attached hydrogen (secondary N) is 1. The molecular formula is C15H30N2O. The number of ether oxygens (including phenoxy) is 1. The summed E-state index contributed by atoms with van der Waals surface area (Å²) < 4.78 is 5.97. The Morgan fingerprint density at radius 1 is 1.28 bits per heavy atom. The molecule has 2 atom stereocenters. The molecule has 0 aromatic rings. The lowest BCUT2D eigenvalue weighted by Gasteiger charge is -2.48. The van der Waals surface area contributed by atoms with Crippen LogP contribution in [0.4, 0.5) is 0 Å². The van der Waals surface area contributed by atoms with Crippen molar-refractivity contribution in [2.24, 2.45) is 5.73 Å². The van der Waals surface area contributed by atoms with Crippen molar-refractivity contribution in [3.8, 4) is 0 Å². The summed E-state index contributed by atoms with van der Waals surface area (Å²) in [6, 6.07) is 0.682. The maximum atomic E-state index is 6.11. The minimum Gasteiger partial charge on any atom is -0.375 e. The molecule has 2 unspecified atom stereocenters. The highest BCUT2D eigenvalue weighted by Crippen LogP contribution is 2.35. The zero-order valence-corrected chi connectivity index (χ0v) is 12.1. The molecule has 0 radical (unpaired) electrons. The van der Waals surface area contributed by atoms with E-state index in [-0.39, 0.29) is 11.1 Å². The molecule has 1 aliphatic carbocycles. The summed E-state index contributed by atoms with van der Waals surface area (Å²) >= 11 is 0. The van der Waals surface area contributed by atoms with Crippen LogP contribution in [0.3, 0.4) is 0 Å². The van der Waals surface area contributed by atoms with Crippen LogP contribution in [-0.4, -0.2) is 30.3 Å². The fraction of sp³-hybridized carbons (Fsp3) is 1.00. The Hall–Kier alpha value is -0.120. The molecule has 2 fully saturated rings. The van der Waals surface area contributed by atoms with Crippen LogP contribution in [0, 0.1) is 0 Å². The van der Waals surface area contributed by atoms with Gasteiger partial charge in [-0.2, -0.15) is 0 Å². The first-order chi connectivity index (χ1) is 8.61. The maximum absolute atomic E-state index is 6.11. The first-order valence-electron chi connectivity index (χ1n) is 7.73. The van der Waals surface area contributed by atoms with Crippen molar-refractivity contribution >= 4 is 0 Å². The SMILES string of the molecule is CCC1(C)CC(CN)(NC2CCCCC2)CCO1. The zero-order chi connectivity index (χ0) is 13.1. The van der Waals surface area contributed by atoms with Crippen molar-refractivity contribution < 1.29 is 4.74 Å². The summed E-state index contributed by atoms with van der Waals surface area (Å²) in [7, 11) is 0. The average Bonchev–Trinajstić information content (AvgIpc) is 2.40. The Balaban J connectivity index is 2.00. The maximum Gasteiger partial charge on any atom is 0.0670 e. The summed E-state index contributed by atoms with van der Waals surface area (Å²) in [4.78, 5) is 0. The zero-order valence-electron chi connectivity index (χ0n) is 12.1. The van der Waals surface area contributed by atoms with Gasteiger partial charge in [0.2, 0.25) is 0 Å². The second kappa shape index (κ2) is 5.89. The van der Waals surface area contributed by atoms with E-state index in [4.69, 9.17) is 10.5 Å². The third kappa shape index (κ3) is 3.25. The Labute approximate surface area is 112 Å². The van der Waals surface area contributed by atoms with Crippen LogP contribution in [0.15, 0.2) is 0 Å². The predicted octanol–water partition coefficient (Wildman–Crippen LogP) is 2.59. The van der Waals surface area contributed by atoms with E-state index in [1.807, 2.05) is 0 Å². The molecule has 2 rings (SSSR count). The Morgan fingerprint density at radius 2 is 2.00 bits per heavy atom. The van der Waals surface area contributed by atoms with Crippen LogP contribution in [0.25, 0.3) is 0 Å². The smallest absolute Gasteiger partial charge is 0.0670 e. The monoisotopic (exact) mass is 254 g/mol. The minimum atomic E-state index is 0.0132. The Morgan fingerprint density at radius 3 is 2.61 bits per heavy atom. The van der Waals surface area contributed by atoms with Gasteiger partial charge >= 0.3 is 0 Å². The van der Waals surface area contributed by atoms with E-state index in [0.717, 1.165) is 32.4 Å². The average molecular weight is 254 g/mol. The van der Waals surface area contributed by atoms with Crippen molar-refractivity contribution in [3.05, 3.63) is 0 Å². The lowest BCUT2D eigenvalue weighted by atomic mass is 9.78. The van der Waals surface area contributed by atoms with Crippen LogP contribution >= 0.6 is 0 Å². The van der Waals surface area contributed by atoms with Crippen molar-refractivity contribution in [2.45, 2.75) is 82.4 Å². The van der Waals surface area contributed by atoms with Crippen LogP contribution in [-0.2, 0) is 4.74 Å². The molecule has 2 aliphatic rings. The second-order valence-corrected chi connectivity index (χ2v) is 6.54. The molecule has 1 saturated heterocycles. The van der Waals surface area contributed by atoms with Crippen molar-refractivity contribution in [1.29, 1.82) is 0 Å². The van der Waals surface area contributed by atoms with Gasteiger partial charge in [-0.1, -0.05) is 26.2 Å². The first-order valence-corrected chi connectivity index (χ1v) is 7.73.